The van der Waals surface area contributed by atoms with Gasteiger partial charge < -0.3 is 0 Å². The number of fused-ring (bicyclic) bond motifs is 4. The summed E-state index contributed by atoms with van der Waals surface area (Å²) >= 11 is 0. The maximum Gasteiger partial charge on any atom is 0.0636 e. The second-order valence-electron chi connectivity index (χ2n) is 9.91. The summed E-state index contributed by atoms with van der Waals surface area (Å²) in [5, 5.41) is 5.54. The maximum absolute atomic E-state index is 9.36. The Morgan fingerprint density at radius 2 is 0.875 bits per heavy atom. The van der Waals surface area contributed by atoms with E-state index in [1.54, 1.807) is 0 Å². The van der Waals surface area contributed by atoms with E-state index in [9.17, 15) is 2.74 Å². The molecule has 0 spiro atoms. The normalized spacial score (nSPS) is 13.9. The van der Waals surface area contributed by atoms with Crippen molar-refractivity contribution in [2.24, 2.45) is 0 Å². The molecule has 0 nitrogen and oxygen atoms in total. The molecular formula is C40H26. The van der Waals surface area contributed by atoms with Crippen LogP contribution in [0, 0.1) is 0 Å². The third kappa shape index (κ3) is 3.54. The first kappa shape index (κ1) is 16.7. The van der Waals surface area contributed by atoms with Crippen LogP contribution in [0.15, 0.2) is 158 Å². The molecule has 0 saturated carbocycles. The van der Waals surface area contributed by atoms with Gasteiger partial charge in [0.15, 0.2) is 0 Å². The molecule has 0 aliphatic heterocycles. The first-order valence-electron chi connectivity index (χ1n) is 16.8. The third-order valence-corrected chi connectivity index (χ3v) is 7.71. The van der Waals surface area contributed by atoms with Crippen molar-refractivity contribution < 1.29 is 9.60 Å². The Hall–Kier alpha value is -5.20. The Bertz CT molecular complexity index is 2540. The summed E-state index contributed by atoms with van der Waals surface area (Å²) < 4.78 is 61.1. The van der Waals surface area contributed by atoms with Crippen LogP contribution in [0.4, 0.5) is 0 Å². The van der Waals surface area contributed by atoms with Gasteiger partial charge in [0.1, 0.15) is 0 Å². The first-order chi connectivity index (χ1) is 22.8. The van der Waals surface area contributed by atoms with Crippen LogP contribution >= 0.6 is 0 Å². The topological polar surface area (TPSA) is 0 Å². The lowest BCUT2D eigenvalue weighted by Gasteiger charge is -2.20. The summed E-state index contributed by atoms with van der Waals surface area (Å²) in [6, 6.07) is 36.4. The van der Waals surface area contributed by atoms with Crippen LogP contribution < -0.4 is 0 Å². The zero-order valence-corrected chi connectivity index (χ0v) is 21.5. The molecule has 0 heterocycles. The van der Waals surface area contributed by atoms with E-state index in [0.29, 0.717) is 5.56 Å². The minimum atomic E-state index is -0.479. The molecule has 0 aromatic heterocycles. The van der Waals surface area contributed by atoms with Crippen molar-refractivity contribution >= 4 is 43.1 Å². The van der Waals surface area contributed by atoms with Gasteiger partial charge in [-0.15, -0.1) is 0 Å². The van der Waals surface area contributed by atoms with Crippen molar-refractivity contribution in [3.8, 4) is 33.4 Å². The van der Waals surface area contributed by atoms with Crippen molar-refractivity contribution in [2.45, 2.75) is 0 Å². The Balaban J connectivity index is 1.53. The standard InChI is InChI=1S/C40H26/c1-2-14-29-26-30(25-24-27(29)12-1)39-35-19-7-9-21-37(35)40(38-22-10-8-20-36(38)39)34-18-6-5-17-33(34)32-23-11-15-28-13-3-4-16-31(28)32/h1-26H/i1D,2D,12D,14D,24D,25D,26D. The fourth-order valence-electron chi connectivity index (χ4n) is 5.99. The SMILES string of the molecule is [2H]c1c([2H])c([2H])c2c([2H])c(-c3c4ccccc4c(-c4ccccc4-c4cccc5ccccc45)c4ccccc34)c([2H])c([2H])c2c1[2H]. The van der Waals surface area contributed by atoms with Gasteiger partial charge in [-0.1, -0.05) is 152 Å². The first-order valence-corrected chi connectivity index (χ1v) is 13.3. The van der Waals surface area contributed by atoms with Crippen LogP contribution in [0.25, 0.3) is 76.5 Å². The van der Waals surface area contributed by atoms with Gasteiger partial charge in [0, 0.05) is 0 Å². The zero-order valence-electron chi connectivity index (χ0n) is 28.5. The van der Waals surface area contributed by atoms with Gasteiger partial charge in [0.05, 0.1) is 9.60 Å². The Morgan fingerprint density at radius 1 is 0.350 bits per heavy atom. The van der Waals surface area contributed by atoms with E-state index in [1.165, 1.54) is 0 Å². The molecule has 0 atom stereocenters. The van der Waals surface area contributed by atoms with Crippen LogP contribution in [0.3, 0.4) is 0 Å². The molecule has 8 rings (SSSR count). The van der Waals surface area contributed by atoms with Crippen LogP contribution in [-0.4, -0.2) is 0 Å². The van der Waals surface area contributed by atoms with E-state index < -0.39 is 18.1 Å². The highest BCUT2D eigenvalue weighted by Gasteiger charge is 2.19. The van der Waals surface area contributed by atoms with Gasteiger partial charge in [0.25, 0.3) is 0 Å². The van der Waals surface area contributed by atoms with Crippen molar-refractivity contribution in [3.63, 3.8) is 0 Å². The second kappa shape index (κ2) is 9.22. The Morgan fingerprint density at radius 3 is 1.60 bits per heavy atom. The minimum Gasteiger partial charge on any atom is -0.0616 e. The van der Waals surface area contributed by atoms with E-state index in [4.69, 9.17) is 6.85 Å². The van der Waals surface area contributed by atoms with Gasteiger partial charge in [0.2, 0.25) is 0 Å². The lowest BCUT2D eigenvalue weighted by atomic mass is 9.83. The Kier molecular flexibility index (Phi) is 3.85. The predicted molar refractivity (Wildman–Crippen MR) is 173 cm³/mol. The zero-order chi connectivity index (χ0) is 32.6. The molecule has 0 unspecified atom stereocenters. The van der Waals surface area contributed by atoms with Gasteiger partial charge in [-0.05, 0) is 82.5 Å². The molecule has 186 valence electrons. The summed E-state index contributed by atoms with van der Waals surface area (Å²) in [6.45, 7) is 0. The monoisotopic (exact) mass is 513 g/mol. The summed E-state index contributed by atoms with van der Waals surface area (Å²) in [6.07, 6.45) is 0. The molecule has 8 aromatic carbocycles. The van der Waals surface area contributed by atoms with Crippen LogP contribution in [0.5, 0.6) is 0 Å². The summed E-state index contributed by atoms with van der Waals surface area (Å²) in [4.78, 5) is 0. The second-order valence-corrected chi connectivity index (χ2v) is 9.91. The largest absolute Gasteiger partial charge is 0.0636 e. The van der Waals surface area contributed by atoms with Crippen molar-refractivity contribution in [3.05, 3.63) is 158 Å². The van der Waals surface area contributed by atoms with Crippen molar-refractivity contribution in [1.82, 2.24) is 0 Å². The molecule has 0 radical (unpaired) electrons. The number of benzene rings is 8. The van der Waals surface area contributed by atoms with Gasteiger partial charge in [-0.25, -0.2) is 0 Å². The summed E-state index contributed by atoms with van der Waals surface area (Å²) in [7, 11) is 0. The average Bonchev–Trinajstić information content (AvgIpc) is 3.11. The van der Waals surface area contributed by atoms with Crippen molar-refractivity contribution in [1.29, 1.82) is 0 Å². The highest BCUT2D eigenvalue weighted by Crippen LogP contribution is 2.46. The molecule has 8 aromatic rings. The smallest absolute Gasteiger partial charge is 0.0616 e. The predicted octanol–water partition coefficient (Wildman–Crippen LogP) is 11.3. The van der Waals surface area contributed by atoms with Gasteiger partial charge >= 0.3 is 0 Å². The molecule has 0 saturated heterocycles. The lowest BCUT2D eigenvalue weighted by Crippen LogP contribution is -1.93. The molecule has 0 heteroatoms. The minimum absolute atomic E-state index is 0.0504. The van der Waals surface area contributed by atoms with E-state index in [-0.39, 0.29) is 40.5 Å². The average molecular weight is 514 g/mol. The van der Waals surface area contributed by atoms with E-state index in [1.807, 2.05) is 66.7 Å². The van der Waals surface area contributed by atoms with Crippen LogP contribution in [0.2, 0.25) is 0 Å². The summed E-state index contributed by atoms with van der Waals surface area (Å²) in [5.74, 6) is 0. The van der Waals surface area contributed by atoms with E-state index >= 15 is 0 Å². The van der Waals surface area contributed by atoms with Crippen LogP contribution in [-0.2, 0) is 0 Å². The lowest BCUT2D eigenvalue weighted by molar-refractivity contribution is 1.63. The molecule has 40 heavy (non-hydrogen) atoms. The third-order valence-electron chi connectivity index (χ3n) is 7.71. The fraction of sp³-hybridized carbons (Fsp3) is 0. The molecule has 0 aliphatic rings. The molecule has 0 N–H and O–H groups in total. The number of hydrogen-bond donors (Lipinski definition) is 0. The molecule has 0 fully saturated rings. The highest BCUT2D eigenvalue weighted by atomic mass is 14.2. The van der Waals surface area contributed by atoms with Gasteiger partial charge in [-0.3, -0.25) is 0 Å². The quantitative estimate of drug-likeness (QED) is 0.206. The Labute approximate surface area is 243 Å². The van der Waals surface area contributed by atoms with Crippen LogP contribution in [0.1, 0.15) is 9.60 Å². The highest BCUT2D eigenvalue weighted by molar-refractivity contribution is 6.23. The molecule has 0 bridgehead atoms. The molecule has 0 amide bonds. The van der Waals surface area contributed by atoms with E-state index in [2.05, 4.69) is 48.5 Å². The van der Waals surface area contributed by atoms with Gasteiger partial charge in [-0.2, -0.15) is 0 Å². The fourth-order valence-corrected chi connectivity index (χ4v) is 5.99. The molecular weight excluding hydrogens is 480 g/mol. The number of rotatable bonds is 3. The number of hydrogen-bond acceptors (Lipinski definition) is 0. The maximum atomic E-state index is 9.36. The summed E-state index contributed by atoms with van der Waals surface area (Å²) in [5.41, 5.74) is 5.00. The molecule has 0 aliphatic carbocycles. The van der Waals surface area contributed by atoms with Crippen molar-refractivity contribution in [2.75, 3.05) is 0 Å². The van der Waals surface area contributed by atoms with E-state index in [0.717, 1.165) is 54.6 Å².